The lowest BCUT2D eigenvalue weighted by Crippen LogP contribution is -2.40. The molecule has 0 aliphatic heterocycles. The third kappa shape index (κ3) is 3.79. The van der Waals surface area contributed by atoms with Crippen molar-refractivity contribution in [3.8, 4) is 0 Å². The van der Waals surface area contributed by atoms with E-state index >= 15 is 0 Å². The molecule has 1 saturated carbocycles. The predicted molar refractivity (Wildman–Crippen MR) is 73.4 cm³/mol. The van der Waals surface area contributed by atoms with E-state index in [-0.39, 0.29) is 5.60 Å². The zero-order valence-corrected chi connectivity index (χ0v) is 11.1. The molecule has 18 heavy (non-hydrogen) atoms. The third-order valence-electron chi connectivity index (χ3n) is 3.88. The first-order valence-corrected chi connectivity index (χ1v) is 7.09. The fourth-order valence-corrected chi connectivity index (χ4v) is 2.70. The van der Waals surface area contributed by atoms with Crippen molar-refractivity contribution in [2.45, 2.75) is 50.5 Å². The molecule has 2 rings (SSSR count). The summed E-state index contributed by atoms with van der Waals surface area (Å²) in [5.41, 5.74) is 6.98. The highest BCUT2D eigenvalue weighted by Crippen LogP contribution is 2.29. The van der Waals surface area contributed by atoms with Crippen LogP contribution in [-0.4, -0.2) is 23.7 Å². The summed E-state index contributed by atoms with van der Waals surface area (Å²) < 4.78 is 6.14. The first kappa shape index (κ1) is 13.5. The summed E-state index contributed by atoms with van der Waals surface area (Å²) in [5, 5.41) is 0. The molecule has 1 fully saturated rings. The highest BCUT2D eigenvalue weighted by Gasteiger charge is 2.30. The minimum Gasteiger partial charge on any atom is -0.373 e. The lowest BCUT2D eigenvalue weighted by molar-refractivity contribution is -0.0481. The largest absolute Gasteiger partial charge is 0.373 e. The van der Waals surface area contributed by atoms with Gasteiger partial charge in [0, 0.05) is 24.9 Å². The van der Waals surface area contributed by atoms with Gasteiger partial charge in [0.05, 0.1) is 12.2 Å². The molecule has 1 aromatic rings. The summed E-state index contributed by atoms with van der Waals surface area (Å²) in [6, 6.07) is 6.01. The van der Waals surface area contributed by atoms with E-state index < -0.39 is 0 Å². The van der Waals surface area contributed by atoms with E-state index in [9.17, 15) is 0 Å². The van der Waals surface area contributed by atoms with Crippen molar-refractivity contribution in [2.75, 3.05) is 13.2 Å². The maximum atomic E-state index is 6.14. The maximum absolute atomic E-state index is 6.14. The molecule has 3 nitrogen and oxygen atoms in total. The van der Waals surface area contributed by atoms with Crippen molar-refractivity contribution in [1.82, 2.24) is 4.98 Å². The van der Waals surface area contributed by atoms with Gasteiger partial charge < -0.3 is 10.5 Å². The lowest BCUT2D eigenvalue weighted by atomic mass is 9.94. The zero-order chi connectivity index (χ0) is 12.7. The molecule has 0 aromatic carbocycles. The Morgan fingerprint density at radius 3 is 2.56 bits per heavy atom. The van der Waals surface area contributed by atoms with E-state index in [0.29, 0.717) is 6.54 Å². The van der Waals surface area contributed by atoms with Gasteiger partial charge in [0.25, 0.3) is 0 Å². The number of aromatic nitrogens is 1. The Kier molecular flexibility index (Phi) is 5.14. The lowest BCUT2D eigenvalue weighted by Gasteiger charge is -2.31. The Labute approximate surface area is 110 Å². The Balaban J connectivity index is 1.83. The Morgan fingerprint density at radius 1 is 1.17 bits per heavy atom. The second-order valence-electron chi connectivity index (χ2n) is 5.22. The highest BCUT2D eigenvalue weighted by atomic mass is 16.5. The van der Waals surface area contributed by atoms with Gasteiger partial charge in [0.1, 0.15) is 0 Å². The van der Waals surface area contributed by atoms with Crippen LogP contribution in [0.3, 0.4) is 0 Å². The zero-order valence-electron chi connectivity index (χ0n) is 11.1. The van der Waals surface area contributed by atoms with Gasteiger partial charge in [0.15, 0.2) is 0 Å². The van der Waals surface area contributed by atoms with Gasteiger partial charge >= 0.3 is 0 Å². The topological polar surface area (TPSA) is 48.1 Å². The summed E-state index contributed by atoms with van der Waals surface area (Å²) in [7, 11) is 0. The van der Waals surface area contributed by atoms with E-state index in [1.807, 2.05) is 24.4 Å². The van der Waals surface area contributed by atoms with Gasteiger partial charge in [-0.05, 0) is 25.0 Å². The van der Waals surface area contributed by atoms with E-state index in [1.54, 1.807) is 0 Å². The standard InChI is InChI=1S/C15H24N2O/c16-13-15(9-4-1-2-5-10-15)18-12-8-14-7-3-6-11-17-14/h3,6-7,11H,1-2,4-5,8-10,12-13,16H2. The SMILES string of the molecule is NCC1(OCCc2ccccn2)CCCCCC1. The summed E-state index contributed by atoms with van der Waals surface area (Å²) in [6.45, 7) is 1.38. The molecule has 0 bridgehead atoms. The van der Waals surface area contributed by atoms with Crippen LogP contribution < -0.4 is 5.73 Å². The van der Waals surface area contributed by atoms with Gasteiger partial charge in [-0.15, -0.1) is 0 Å². The molecule has 2 N–H and O–H groups in total. The average molecular weight is 248 g/mol. The monoisotopic (exact) mass is 248 g/mol. The van der Waals surface area contributed by atoms with Crippen LogP contribution in [0.15, 0.2) is 24.4 Å². The number of nitrogens with zero attached hydrogens (tertiary/aromatic N) is 1. The van der Waals surface area contributed by atoms with Crippen molar-refractivity contribution >= 4 is 0 Å². The molecule has 100 valence electrons. The quantitative estimate of drug-likeness (QED) is 0.815. The summed E-state index contributed by atoms with van der Waals surface area (Å²) in [5.74, 6) is 0. The molecule has 1 aromatic heterocycles. The minimum absolute atomic E-state index is 0.0642. The number of hydrogen-bond acceptors (Lipinski definition) is 3. The molecule has 0 spiro atoms. The second-order valence-corrected chi connectivity index (χ2v) is 5.22. The first-order chi connectivity index (χ1) is 8.85. The van der Waals surface area contributed by atoms with Crippen molar-refractivity contribution in [1.29, 1.82) is 0 Å². The number of pyridine rings is 1. The molecule has 1 aliphatic carbocycles. The first-order valence-electron chi connectivity index (χ1n) is 7.09. The number of hydrogen-bond donors (Lipinski definition) is 1. The summed E-state index contributed by atoms with van der Waals surface area (Å²) in [4.78, 5) is 4.32. The Morgan fingerprint density at radius 2 is 1.94 bits per heavy atom. The van der Waals surface area contributed by atoms with Crippen LogP contribution >= 0.6 is 0 Å². The van der Waals surface area contributed by atoms with Crippen molar-refractivity contribution < 1.29 is 4.74 Å². The molecule has 0 atom stereocenters. The summed E-state index contributed by atoms with van der Waals surface area (Å²) in [6.07, 6.45) is 10.1. The van der Waals surface area contributed by atoms with Crippen LogP contribution in [0.1, 0.15) is 44.2 Å². The van der Waals surface area contributed by atoms with Gasteiger partial charge in [-0.2, -0.15) is 0 Å². The van der Waals surface area contributed by atoms with Crippen molar-refractivity contribution in [3.05, 3.63) is 30.1 Å². The smallest absolute Gasteiger partial charge is 0.0804 e. The number of ether oxygens (including phenoxy) is 1. The predicted octanol–water partition coefficient (Wildman–Crippen LogP) is 2.69. The van der Waals surface area contributed by atoms with Gasteiger partial charge in [-0.25, -0.2) is 0 Å². The van der Waals surface area contributed by atoms with Crippen LogP contribution in [0, 0.1) is 0 Å². The summed E-state index contributed by atoms with van der Waals surface area (Å²) >= 11 is 0. The second kappa shape index (κ2) is 6.86. The van der Waals surface area contributed by atoms with Crippen LogP contribution in [0.25, 0.3) is 0 Å². The van der Waals surface area contributed by atoms with E-state index in [4.69, 9.17) is 10.5 Å². The minimum atomic E-state index is -0.0642. The number of rotatable bonds is 5. The maximum Gasteiger partial charge on any atom is 0.0804 e. The van der Waals surface area contributed by atoms with Gasteiger partial charge in [0.2, 0.25) is 0 Å². The normalized spacial score (nSPS) is 19.4. The molecule has 0 radical (unpaired) electrons. The van der Waals surface area contributed by atoms with Crippen LogP contribution in [0.4, 0.5) is 0 Å². The molecule has 0 unspecified atom stereocenters. The fourth-order valence-electron chi connectivity index (χ4n) is 2.70. The molecule has 1 aliphatic rings. The van der Waals surface area contributed by atoms with E-state index in [2.05, 4.69) is 4.98 Å². The average Bonchev–Trinajstić information content (AvgIpc) is 2.66. The molecular formula is C15H24N2O. The van der Waals surface area contributed by atoms with Gasteiger partial charge in [-0.3, -0.25) is 4.98 Å². The third-order valence-corrected chi connectivity index (χ3v) is 3.88. The van der Waals surface area contributed by atoms with E-state index in [0.717, 1.165) is 31.6 Å². The van der Waals surface area contributed by atoms with Crippen LogP contribution in [-0.2, 0) is 11.2 Å². The Hall–Kier alpha value is -0.930. The van der Waals surface area contributed by atoms with Crippen LogP contribution in [0.5, 0.6) is 0 Å². The fraction of sp³-hybridized carbons (Fsp3) is 0.667. The van der Waals surface area contributed by atoms with Gasteiger partial charge in [-0.1, -0.05) is 31.7 Å². The van der Waals surface area contributed by atoms with Crippen LogP contribution in [0.2, 0.25) is 0 Å². The molecule has 1 heterocycles. The van der Waals surface area contributed by atoms with E-state index in [1.165, 1.54) is 25.7 Å². The Bertz CT molecular complexity index is 332. The van der Waals surface area contributed by atoms with Crippen molar-refractivity contribution in [2.24, 2.45) is 5.73 Å². The molecule has 0 amide bonds. The molecule has 0 saturated heterocycles. The highest BCUT2D eigenvalue weighted by molar-refractivity contribution is 5.03. The molecule has 3 heteroatoms. The molecular weight excluding hydrogens is 224 g/mol. The van der Waals surface area contributed by atoms with Crippen molar-refractivity contribution in [3.63, 3.8) is 0 Å². The number of nitrogens with two attached hydrogens (primary N) is 1.